The molecule has 0 spiro atoms. The van der Waals surface area contributed by atoms with Gasteiger partial charge in [0.1, 0.15) is 5.82 Å². The lowest BCUT2D eigenvalue weighted by Gasteiger charge is -1.96. The fourth-order valence-corrected chi connectivity index (χ4v) is 1.75. The Morgan fingerprint density at radius 1 is 1.50 bits per heavy atom. The van der Waals surface area contributed by atoms with Crippen molar-refractivity contribution in [1.82, 2.24) is 9.78 Å². The first-order chi connectivity index (χ1) is 6.63. The zero-order valence-electron chi connectivity index (χ0n) is 8.01. The number of benzene rings is 1. The number of aryl methyl sites for hydroxylation is 2. The van der Waals surface area contributed by atoms with Crippen LogP contribution in [0.4, 0.5) is 4.39 Å². The summed E-state index contributed by atoms with van der Waals surface area (Å²) in [4.78, 5) is 0. The Morgan fingerprint density at radius 3 is 2.86 bits per heavy atom. The standard InChI is InChI=1S/C10H10ClFN2/c1-3-9-6-4-7(11)8(12)5-10(6)14(2)13-9/h4-5H,3H2,1-2H3. The van der Waals surface area contributed by atoms with Crippen LogP contribution in [0.3, 0.4) is 0 Å². The zero-order valence-corrected chi connectivity index (χ0v) is 8.77. The van der Waals surface area contributed by atoms with Gasteiger partial charge < -0.3 is 0 Å². The van der Waals surface area contributed by atoms with Crippen LogP contribution in [0.25, 0.3) is 10.9 Å². The number of aromatic nitrogens is 2. The van der Waals surface area contributed by atoms with E-state index in [9.17, 15) is 4.39 Å². The van der Waals surface area contributed by atoms with Gasteiger partial charge in [-0.25, -0.2) is 4.39 Å². The molecular formula is C10H10ClFN2. The largest absolute Gasteiger partial charge is 0.268 e. The van der Waals surface area contributed by atoms with Gasteiger partial charge in [-0.2, -0.15) is 5.10 Å². The van der Waals surface area contributed by atoms with Crippen molar-refractivity contribution in [3.8, 4) is 0 Å². The fraction of sp³-hybridized carbons (Fsp3) is 0.300. The molecule has 1 aromatic heterocycles. The molecule has 2 nitrogen and oxygen atoms in total. The van der Waals surface area contributed by atoms with Gasteiger partial charge in [0, 0.05) is 18.5 Å². The van der Waals surface area contributed by atoms with Gasteiger partial charge >= 0.3 is 0 Å². The third-order valence-electron chi connectivity index (χ3n) is 2.30. The number of hydrogen-bond acceptors (Lipinski definition) is 1. The van der Waals surface area contributed by atoms with Gasteiger partial charge in [-0.3, -0.25) is 4.68 Å². The minimum Gasteiger partial charge on any atom is -0.268 e. The summed E-state index contributed by atoms with van der Waals surface area (Å²) in [5.41, 5.74) is 1.73. The van der Waals surface area contributed by atoms with E-state index in [0.717, 1.165) is 23.0 Å². The number of halogens is 2. The average molecular weight is 213 g/mol. The van der Waals surface area contributed by atoms with Crippen molar-refractivity contribution in [2.45, 2.75) is 13.3 Å². The molecule has 0 saturated heterocycles. The molecule has 0 N–H and O–H groups in total. The molecule has 14 heavy (non-hydrogen) atoms. The number of hydrogen-bond donors (Lipinski definition) is 0. The predicted molar refractivity (Wildman–Crippen MR) is 55.1 cm³/mol. The van der Waals surface area contributed by atoms with Crippen LogP contribution in [0.5, 0.6) is 0 Å². The summed E-state index contributed by atoms with van der Waals surface area (Å²) in [5, 5.41) is 5.37. The Bertz CT molecular complexity index is 490. The lowest BCUT2D eigenvalue weighted by Crippen LogP contribution is -1.90. The van der Waals surface area contributed by atoms with E-state index in [0.29, 0.717) is 0 Å². The smallest absolute Gasteiger partial charge is 0.143 e. The Labute approximate surface area is 86.3 Å². The van der Waals surface area contributed by atoms with Crippen molar-refractivity contribution < 1.29 is 4.39 Å². The van der Waals surface area contributed by atoms with E-state index in [-0.39, 0.29) is 5.02 Å². The minimum absolute atomic E-state index is 0.153. The molecule has 0 aliphatic carbocycles. The maximum absolute atomic E-state index is 13.2. The van der Waals surface area contributed by atoms with Gasteiger partial charge in [0.2, 0.25) is 0 Å². The number of nitrogens with zero attached hydrogens (tertiary/aromatic N) is 2. The average Bonchev–Trinajstić information content (AvgIpc) is 2.45. The van der Waals surface area contributed by atoms with Gasteiger partial charge in [0.25, 0.3) is 0 Å². The highest BCUT2D eigenvalue weighted by Gasteiger charge is 2.10. The van der Waals surface area contributed by atoms with Crippen molar-refractivity contribution in [2.75, 3.05) is 0 Å². The Balaban J connectivity index is 2.84. The topological polar surface area (TPSA) is 17.8 Å². The molecule has 0 fully saturated rings. The van der Waals surface area contributed by atoms with Gasteiger partial charge in [-0.05, 0) is 12.5 Å². The minimum atomic E-state index is -0.398. The Hall–Kier alpha value is -1.09. The van der Waals surface area contributed by atoms with Gasteiger partial charge in [0.15, 0.2) is 0 Å². The quantitative estimate of drug-likeness (QED) is 0.711. The first kappa shape index (κ1) is 9.46. The monoisotopic (exact) mass is 212 g/mol. The molecule has 0 unspecified atom stereocenters. The third kappa shape index (κ3) is 1.28. The highest BCUT2D eigenvalue weighted by atomic mass is 35.5. The summed E-state index contributed by atoms with van der Waals surface area (Å²) in [6.07, 6.45) is 0.819. The summed E-state index contributed by atoms with van der Waals surface area (Å²) in [6, 6.07) is 3.06. The molecular weight excluding hydrogens is 203 g/mol. The first-order valence-electron chi connectivity index (χ1n) is 4.44. The Kier molecular flexibility index (Phi) is 2.19. The van der Waals surface area contributed by atoms with Crippen molar-refractivity contribution in [1.29, 1.82) is 0 Å². The maximum Gasteiger partial charge on any atom is 0.143 e. The van der Waals surface area contributed by atoms with Crippen LogP contribution in [0.1, 0.15) is 12.6 Å². The second kappa shape index (κ2) is 3.24. The van der Waals surface area contributed by atoms with Gasteiger partial charge in [0.05, 0.1) is 16.2 Å². The summed E-state index contributed by atoms with van der Waals surface area (Å²) in [5.74, 6) is -0.398. The van der Waals surface area contributed by atoms with E-state index in [2.05, 4.69) is 5.10 Å². The molecule has 74 valence electrons. The lowest BCUT2D eigenvalue weighted by molar-refractivity contribution is 0.628. The molecule has 2 rings (SSSR count). The van der Waals surface area contributed by atoms with E-state index in [1.165, 1.54) is 6.07 Å². The van der Waals surface area contributed by atoms with Crippen LogP contribution in [0, 0.1) is 5.82 Å². The van der Waals surface area contributed by atoms with E-state index in [1.807, 2.05) is 6.92 Å². The molecule has 1 aromatic carbocycles. The normalized spacial score (nSPS) is 11.1. The van der Waals surface area contributed by atoms with E-state index in [1.54, 1.807) is 17.8 Å². The van der Waals surface area contributed by atoms with E-state index in [4.69, 9.17) is 11.6 Å². The molecule has 0 saturated carbocycles. The molecule has 1 heterocycles. The molecule has 0 atom stereocenters. The summed E-state index contributed by atoms with van der Waals surface area (Å²) in [6.45, 7) is 2.01. The van der Waals surface area contributed by atoms with Crippen LogP contribution in [0.2, 0.25) is 5.02 Å². The second-order valence-corrected chi connectivity index (χ2v) is 3.61. The molecule has 0 aliphatic heterocycles. The van der Waals surface area contributed by atoms with Crippen LogP contribution in [-0.2, 0) is 13.5 Å². The van der Waals surface area contributed by atoms with Crippen molar-refractivity contribution in [2.24, 2.45) is 7.05 Å². The lowest BCUT2D eigenvalue weighted by atomic mass is 10.2. The molecule has 0 bridgehead atoms. The molecule has 2 aromatic rings. The summed E-state index contributed by atoms with van der Waals surface area (Å²) in [7, 11) is 1.80. The highest BCUT2D eigenvalue weighted by Crippen LogP contribution is 2.25. The summed E-state index contributed by atoms with van der Waals surface area (Å²) >= 11 is 5.71. The van der Waals surface area contributed by atoms with Crippen LogP contribution >= 0.6 is 11.6 Å². The van der Waals surface area contributed by atoms with Crippen molar-refractivity contribution >= 4 is 22.5 Å². The zero-order chi connectivity index (χ0) is 10.3. The molecule has 0 aliphatic rings. The molecule has 0 radical (unpaired) electrons. The van der Waals surface area contributed by atoms with Gasteiger partial charge in [-0.1, -0.05) is 18.5 Å². The molecule has 0 amide bonds. The van der Waals surface area contributed by atoms with E-state index >= 15 is 0 Å². The Morgan fingerprint density at radius 2 is 2.21 bits per heavy atom. The van der Waals surface area contributed by atoms with Crippen molar-refractivity contribution in [3.05, 3.63) is 28.7 Å². The SMILES string of the molecule is CCc1nn(C)c2cc(F)c(Cl)cc12. The van der Waals surface area contributed by atoms with Crippen LogP contribution in [0.15, 0.2) is 12.1 Å². The number of rotatable bonds is 1. The van der Waals surface area contributed by atoms with E-state index < -0.39 is 5.82 Å². The third-order valence-corrected chi connectivity index (χ3v) is 2.59. The predicted octanol–water partition coefficient (Wildman–Crippen LogP) is 2.93. The van der Waals surface area contributed by atoms with Crippen molar-refractivity contribution in [3.63, 3.8) is 0 Å². The summed E-state index contributed by atoms with van der Waals surface area (Å²) < 4.78 is 14.8. The van der Waals surface area contributed by atoms with Gasteiger partial charge in [-0.15, -0.1) is 0 Å². The fourth-order valence-electron chi connectivity index (χ4n) is 1.59. The second-order valence-electron chi connectivity index (χ2n) is 3.21. The first-order valence-corrected chi connectivity index (χ1v) is 4.82. The molecule has 4 heteroatoms. The van der Waals surface area contributed by atoms with Crippen LogP contribution in [-0.4, -0.2) is 9.78 Å². The van der Waals surface area contributed by atoms with Crippen LogP contribution < -0.4 is 0 Å². The number of fused-ring (bicyclic) bond motifs is 1. The maximum atomic E-state index is 13.2. The highest BCUT2D eigenvalue weighted by molar-refractivity contribution is 6.31.